The van der Waals surface area contributed by atoms with Crippen LogP contribution in [0.2, 0.25) is 0 Å². The van der Waals surface area contributed by atoms with Crippen LogP contribution in [0, 0.1) is 11.3 Å². The van der Waals surface area contributed by atoms with Gasteiger partial charge in [-0.25, -0.2) is 9.97 Å². The summed E-state index contributed by atoms with van der Waals surface area (Å²) in [5.74, 6) is 1.45. The molecule has 0 radical (unpaired) electrons. The number of rotatable bonds is 2. The number of benzene rings is 1. The molecular formula is C15H14Br2N4. The molecule has 1 aromatic heterocycles. The van der Waals surface area contributed by atoms with Crippen molar-refractivity contribution >= 4 is 43.4 Å². The molecule has 2 rings (SSSR count). The lowest BCUT2D eigenvalue weighted by molar-refractivity contribution is 0.544. The Labute approximate surface area is 140 Å². The summed E-state index contributed by atoms with van der Waals surface area (Å²) in [6.07, 6.45) is 0. The van der Waals surface area contributed by atoms with Gasteiger partial charge in [0.05, 0.1) is 17.3 Å². The summed E-state index contributed by atoms with van der Waals surface area (Å²) in [6.45, 7) is 6.20. The van der Waals surface area contributed by atoms with Gasteiger partial charge in [0, 0.05) is 16.0 Å². The summed E-state index contributed by atoms with van der Waals surface area (Å²) >= 11 is 6.87. The van der Waals surface area contributed by atoms with Gasteiger partial charge in [0.15, 0.2) is 0 Å². The second kappa shape index (κ2) is 6.12. The van der Waals surface area contributed by atoms with Crippen molar-refractivity contribution in [2.75, 3.05) is 5.32 Å². The fraction of sp³-hybridized carbons (Fsp3) is 0.267. The monoisotopic (exact) mass is 408 g/mol. The first kappa shape index (κ1) is 15.9. The first-order valence-electron chi connectivity index (χ1n) is 6.31. The lowest BCUT2D eigenvalue weighted by atomic mass is 9.96. The standard InChI is InChI=1S/C15H14Br2N4/c1-15(2,3)14-20-12(17)7-13(21-14)19-11-5-4-9(8-18)6-10(11)16/h4-7H,1-3H3,(H,19,20,21). The Morgan fingerprint density at radius 2 is 1.86 bits per heavy atom. The number of hydrogen-bond acceptors (Lipinski definition) is 4. The molecule has 2 aromatic rings. The van der Waals surface area contributed by atoms with Gasteiger partial charge in [-0.1, -0.05) is 20.8 Å². The van der Waals surface area contributed by atoms with Crippen LogP contribution in [-0.2, 0) is 5.41 Å². The zero-order chi connectivity index (χ0) is 15.6. The van der Waals surface area contributed by atoms with Crippen molar-refractivity contribution in [2.24, 2.45) is 0 Å². The van der Waals surface area contributed by atoms with Crippen molar-refractivity contribution in [2.45, 2.75) is 26.2 Å². The molecule has 1 N–H and O–H groups in total. The maximum absolute atomic E-state index is 8.89. The number of nitriles is 1. The van der Waals surface area contributed by atoms with Crippen LogP contribution < -0.4 is 5.32 Å². The maximum atomic E-state index is 8.89. The molecule has 0 aliphatic carbocycles. The maximum Gasteiger partial charge on any atom is 0.137 e. The highest BCUT2D eigenvalue weighted by atomic mass is 79.9. The minimum Gasteiger partial charge on any atom is -0.339 e. The van der Waals surface area contributed by atoms with Gasteiger partial charge in [0.1, 0.15) is 16.2 Å². The highest BCUT2D eigenvalue weighted by molar-refractivity contribution is 9.10. The molecule has 0 spiro atoms. The molecule has 4 nitrogen and oxygen atoms in total. The molecule has 0 saturated heterocycles. The highest BCUT2D eigenvalue weighted by Crippen LogP contribution is 2.28. The quantitative estimate of drug-likeness (QED) is 0.715. The third-order valence-corrected chi connectivity index (χ3v) is 3.79. The molecule has 0 bridgehead atoms. The Kier molecular flexibility index (Phi) is 4.64. The Morgan fingerprint density at radius 3 is 2.43 bits per heavy atom. The summed E-state index contributed by atoms with van der Waals surface area (Å²) < 4.78 is 1.54. The Bertz CT molecular complexity index is 715. The number of hydrogen-bond donors (Lipinski definition) is 1. The second-order valence-electron chi connectivity index (χ2n) is 5.58. The fourth-order valence-corrected chi connectivity index (χ4v) is 2.50. The molecule has 0 aliphatic heterocycles. The molecule has 0 atom stereocenters. The third kappa shape index (κ3) is 4.02. The average Bonchev–Trinajstić information content (AvgIpc) is 2.39. The van der Waals surface area contributed by atoms with Gasteiger partial charge in [0.2, 0.25) is 0 Å². The van der Waals surface area contributed by atoms with Crippen LogP contribution in [0.15, 0.2) is 33.3 Å². The first-order valence-corrected chi connectivity index (χ1v) is 7.90. The molecule has 1 heterocycles. The molecule has 21 heavy (non-hydrogen) atoms. The lowest BCUT2D eigenvalue weighted by Gasteiger charge is -2.18. The van der Waals surface area contributed by atoms with Crippen LogP contribution in [0.25, 0.3) is 0 Å². The van der Waals surface area contributed by atoms with E-state index >= 15 is 0 Å². The van der Waals surface area contributed by atoms with E-state index in [1.807, 2.05) is 12.1 Å². The van der Waals surface area contributed by atoms with Crippen molar-refractivity contribution in [1.29, 1.82) is 5.26 Å². The molecule has 108 valence electrons. The molecular weight excluding hydrogens is 396 g/mol. The minimum atomic E-state index is -0.137. The van der Waals surface area contributed by atoms with E-state index in [0.717, 1.165) is 20.6 Å². The Balaban J connectivity index is 2.36. The van der Waals surface area contributed by atoms with Crippen LogP contribution in [0.1, 0.15) is 32.2 Å². The van der Waals surface area contributed by atoms with Gasteiger partial charge in [0.25, 0.3) is 0 Å². The van der Waals surface area contributed by atoms with Crippen molar-refractivity contribution < 1.29 is 0 Å². The summed E-state index contributed by atoms with van der Waals surface area (Å²) in [4.78, 5) is 8.95. The van der Waals surface area contributed by atoms with Gasteiger partial charge in [-0.2, -0.15) is 5.26 Å². The van der Waals surface area contributed by atoms with E-state index in [9.17, 15) is 0 Å². The van der Waals surface area contributed by atoms with Crippen molar-refractivity contribution in [1.82, 2.24) is 9.97 Å². The van der Waals surface area contributed by atoms with E-state index in [-0.39, 0.29) is 5.41 Å². The normalized spacial score (nSPS) is 11.0. The lowest BCUT2D eigenvalue weighted by Crippen LogP contribution is -2.16. The largest absolute Gasteiger partial charge is 0.339 e. The molecule has 1 aromatic carbocycles. The van der Waals surface area contributed by atoms with E-state index in [4.69, 9.17) is 5.26 Å². The van der Waals surface area contributed by atoms with Crippen LogP contribution in [0.3, 0.4) is 0 Å². The molecule has 0 fully saturated rings. The average molecular weight is 410 g/mol. The van der Waals surface area contributed by atoms with E-state index in [1.54, 1.807) is 12.1 Å². The van der Waals surface area contributed by atoms with Crippen LogP contribution in [0.5, 0.6) is 0 Å². The summed E-state index contributed by atoms with van der Waals surface area (Å²) in [7, 11) is 0. The van der Waals surface area contributed by atoms with E-state index in [0.29, 0.717) is 11.4 Å². The summed E-state index contributed by atoms with van der Waals surface area (Å²) in [6, 6.07) is 9.29. The van der Waals surface area contributed by atoms with Crippen molar-refractivity contribution in [3.63, 3.8) is 0 Å². The van der Waals surface area contributed by atoms with E-state index in [1.165, 1.54) is 0 Å². The molecule has 0 aliphatic rings. The van der Waals surface area contributed by atoms with Gasteiger partial charge in [-0.15, -0.1) is 0 Å². The van der Waals surface area contributed by atoms with Crippen LogP contribution in [-0.4, -0.2) is 9.97 Å². The smallest absolute Gasteiger partial charge is 0.137 e. The SMILES string of the molecule is CC(C)(C)c1nc(Br)cc(Nc2ccc(C#N)cc2Br)n1. The van der Waals surface area contributed by atoms with Crippen LogP contribution in [0.4, 0.5) is 11.5 Å². The highest BCUT2D eigenvalue weighted by Gasteiger charge is 2.19. The minimum absolute atomic E-state index is 0.137. The van der Waals surface area contributed by atoms with Crippen molar-refractivity contribution in [3.05, 3.63) is 44.7 Å². The van der Waals surface area contributed by atoms with Gasteiger partial charge >= 0.3 is 0 Å². The van der Waals surface area contributed by atoms with Gasteiger partial charge in [-0.3, -0.25) is 0 Å². The molecule has 0 unspecified atom stereocenters. The zero-order valence-electron chi connectivity index (χ0n) is 11.9. The van der Waals surface area contributed by atoms with E-state index < -0.39 is 0 Å². The second-order valence-corrected chi connectivity index (χ2v) is 7.25. The third-order valence-electron chi connectivity index (χ3n) is 2.73. The fourth-order valence-electron chi connectivity index (χ4n) is 1.64. The summed E-state index contributed by atoms with van der Waals surface area (Å²) in [5, 5.41) is 12.1. The number of nitrogens with one attached hydrogen (secondary N) is 1. The predicted octanol–water partition coefficient (Wildman–Crippen LogP) is 4.91. The van der Waals surface area contributed by atoms with Crippen molar-refractivity contribution in [3.8, 4) is 6.07 Å². The molecule has 6 heteroatoms. The number of aromatic nitrogens is 2. The Hall–Kier alpha value is -1.45. The first-order chi connectivity index (χ1) is 9.79. The van der Waals surface area contributed by atoms with Gasteiger partial charge < -0.3 is 5.32 Å². The topological polar surface area (TPSA) is 61.6 Å². The predicted molar refractivity (Wildman–Crippen MR) is 90.6 cm³/mol. The van der Waals surface area contributed by atoms with E-state index in [2.05, 4.69) is 74.0 Å². The van der Waals surface area contributed by atoms with Gasteiger partial charge in [-0.05, 0) is 50.1 Å². The number of nitrogens with zero attached hydrogens (tertiary/aromatic N) is 3. The Morgan fingerprint density at radius 1 is 1.14 bits per heavy atom. The molecule has 0 saturated carbocycles. The number of anilines is 2. The summed E-state index contributed by atoms with van der Waals surface area (Å²) in [5.41, 5.74) is 1.31. The zero-order valence-corrected chi connectivity index (χ0v) is 15.1. The van der Waals surface area contributed by atoms with Crippen LogP contribution >= 0.6 is 31.9 Å². The number of halogens is 2. The molecule has 0 amide bonds.